The van der Waals surface area contributed by atoms with E-state index in [2.05, 4.69) is 58.9 Å². The van der Waals surface area contributed by atoms with Gasteiger partial charge in [0.05, 0.1) is 0 Å². The number of amides is 1. The number of hydrogen-bond donors (Lipinski definition) is 2. The first-order valence-electron chi connectivity index (χ1n) is 9.86. The number of anilines is 2. The van der Waals surface area contributed by atoms with Crippen LogP contribution < -0.4 is 15.5 Å². The van der Waals surface area contributed by atoms with Crippen molar-refractivity contribution in [1.82, 2.24) is 5.32 Å². The van der Waals surface area contributed by atoms with Crippen LogP contribution in [0.3, 0.4) is 0 Å². The van der Waals surface area contributed by atoms with Gasteiger partial charge in [-0.3, -0.25) is 4.79 Å². The van der Waals surface area contributed by atoms with Crippen LogP contribution in [-0.4, -0.2) is 26.0 Å². The zero-order valence-corrected chi connectivity index (χ0v) is 16.9. The molecular weight excluding hydrogens is 346 g/mol. The van der Waals surface area contributed by atoms with Gasteiger partial charge < -0.3 is 15.5 Å². The molecule has 0 bridgehead atoms. The van der Waals surface area contributed by atoms with Crippen LogP contribution in [0.5, 0.6) is 0 Å². The number of rotatable bonds is 8. The zero-order chi connectivity index (χ0) is 19.9. The maximum absolute atomic E-state index is 12.7. The fourth-order valence-electron chi connectivity index (χ4n) is 3.27. The van der Waals surface area contributed by atoms with Gasteiger partial charge in [0.2, 0.25) is 5.91 Å². The molecule has 0 saturated carbocycles. The third-order valence-corrected chi connectivity index (χ3v) is 4.88. The summed E-state index contributed by atoms with van der Waals surface area (Å²) in [6.07, 6.45) is 1.73. The molecule has 4 heteroatoms. The van der Waals surface area contributed by atoms with Gasteiger partial charge in [0, 0.05) is 32.0 Å². The molecule has 1 unspecified atom stereocenters. The van der Waals surface area contributed by atoms with Gasteiger partial charge in [-0.1, -0.05) is 55.8 Å². The Hall–Kier alpha value is -3.01. The second-order valence-electron chi connectivity index (χ2n) is 7.33. The first kappa shape index (κ1) is 19.7. The fourth-order valence-corrected chi connectivity index (χ4v) is 3.27. The van der Waals surface area contributed by atoms with Crippen molar-refractivity contribution in [3.63, 3.8) is 0 Å². The van der Waals surface area contributed by atoms with Crippen molar-refractivity contribution in [2.45, 2.75) is 32.4 Å². The van der Waals surface area contributed by atoms with Crippen LogP contribution in [0.4, 0.5) is 11.4 Å². The minimum absolute atomic E-state index is 0.0359. The summed E-state index contributed by atoms with van der Waals surface area (Å²) < 4.78 is 0. The van der Waals surface area contributed by atoms with E-state index in [0.717, 1.165) is 29.5 Å². The van der Waals surface area contributed by atoms with Gasteiger partial charge in [-0.25, -0.2) is 0 Å². The number of benzene rings is 3. The molecule has 1 atom stereocenters. The molecule has 0 aliphatic carbocycles. The molecule has 0 heterocycles. The summed E-state index contributed by atoms with van der Waals surface area (Å²) in [4.78, 5) is 14.8. The molecule has 0 aliphatic rings. The Kier molecular flexibility index (Phi) is 6.53. The van der Waals surface area contributed by atoms with Gasteiger partial charge in [0.25, 0.3) is 0 Å². The van der Waals surface area contributed by atoms with Gasteiger partial charge in [-0.05, 0) is 47.0 Å². The highest BCUT2D eigenvalue weighted by Gasteiger charge is 2.17. The first-order valence-corrected chi connectivity index (χ1v) is 9.86. The van der Waals surface area contributed by atoms with Crippen LogP contribution in [0.2, 0.25) is 0 Å². The van der Waals surface area contributed by atoms with Crippen molar-refractivity contribution in [3.05, 3.63) is 72.3 Å². The fraction of sp³-hybridized carbons (Fsp3) is 0.292. The second-order valence-corrected chi connectivity index (χ2v) is 7.33. The smallest absolute Gasteiger partial charge is 0.242 e. The van der Waals surface area contributed by atoms with Gasteiger partial charge in [0.15, 0.2) is 0 Å². The lowest BCUT2D eigenvalue weighted by Gasteiger charge is -2.20. The molecule has 3 aromatic carbocycles. The SMILES string of the molecule is CCCC(Nc1ccc2cc(N(C)C)ccc2c1)C(=O)NCc1ccccc1. The molecule has 0 aromatic heterocycles. The molecule has 0 aliphatic heterocycles. The molecule has 2 N–H and O–H groups in total. The predicted molar refractivity (Wildman–Crippen MR) is 119 cm³/mol. The third-order valence-electron chi connectivity index (χ3n) is 4.88. The third kappa shape index (κ3) is 5.03. The molecule has 1 amide bonds. The summed E-state index contributed by atoms with van der Waals surface area (Å²) >= 11 is 0. The normalized spacial score (nSPS) is 11.8. The van der Waals surface area contributed by atoms with Crippen LogP contribution >= 0.6 is 0 Å². The molecule has 3 aromatic rings. The van der Waals surface area contributed by atoms with Crippen molar-refractivity contribution in [1.29, 1.82) is 0 Å². The van der Waals surface area contributed by atoms with Crippen LogP contribution in [0.15, 0.2) is 66.7 Å². The minimum Gasteiger partial charge on any atom is -0.378 e. The molecule has 0 saturated heterocycles. The Morgan fingerprint density at radius 3 is 2.39 bits per heavy atom. The van der Waals surface area contributed by atoms with Crippen LogP contribution in [0, 0.1) is 0 Å². The monoisotopic (exact) mass is 375 g/mol. The maximum Gasteiger partial charge on any atom is 0.242 e. The van der Waals surface area contributed by atoms with E-state index in [4.69, 9.17) is 0 Å². The highest BCUT2D eigenvalue weighted by molar-refractivity contribution is 5.90. The van der Waals surface area contributed by atoms with Gasteiger partial charge >= 0.3 is 0 Å². The molecule has 4 nitrogen and oxygen atoms in total. The zero-order valence-electron chi connectivity index (χ0n) is 16.9. The van der Waals surface area contributed by atoms with E-state index in [1.807, 2.05) is 44.4 Å². The summed E-state index contributed by atoms with van der Waals surface area (Å²) in [5.74, 6) is 0.0359. The highest BCUT2D eigenvalue weighted by Crippen LogP contribution is 2.24. The summed E-state index contributed by atoms with van der Waals surface area (Å²) in [5.41, 5.74) is 3.25. The summed E-state index contributed by atoms with van der Waals surface area (Å²) in [6.45, 7) is 2.65. The number of hydrogen-bond acceptors (Lipinski definition) is 3. The predicted octanol–water partition coefficient (Wildman–Crippen LogP) is 4.80. The van der Waals surface area contributed by atoms with Crippen molar-refractivity contribution in [2.75, 3.05) is 24.3 Å². The Morgan fingerprint density at radius 1 is 0.964 bits per heavy atom. The number of carbonyl (C=O) groups is 1. The Morgan fingerprint density at radius 2 is 1.68 bits per heavy atom. The van der Waals surface area contributed by atoms with Crippen LogP contribution in [0.1, 0.15) is 25.3 Å². The van der Waals surface area contributed by atoms with Gasteiger partial charge in [0.1, 0.15) is 6.04 Å². The van der Waals surface area contributed by atoms with E-state index in [9.17, 15) is 4.79 Å². The van der Waals surface area contributed by atoms with Crippen LogP contribution in [-0.2, 0) is 11.3 Å². The van der Waals surface area contributed by atoms with E-state index in [1.54, 1.807) is 0 Å². The molecule has 0 fully saturated rings. The first-order chi connectivity index (χ1) is 13.6. The quantitative estimate of drug-likeness (QED) is 0.594. The molecule has 146 valence electrons. The largest absolute Gasteiger partial charge is 0.378 e. The molecule has 3 rings (SSSR count). The molecular formula is C24H29N3O. The van der Waals surface area contributed by atoms with Crippen molar-refractivity contribution in [2.24, 2.45) is 0 Å². The molecule has 0 spiro atoms. The summed E-state index contributed by atoms with van der Waals surface area (Å²) in [7, 11) is 4.08. The molecule has 28 heavy (non-hydrogen) atoms. The number of nitrogens with zero attached hydrogens (tertiary/aromatic N) is 1. The lowest BCUT2D eigenvalue weighted by Crippen LogP contribution is -2.39. The van der Waals surface area contributed by atoms with Crippen molar-refractivity contribution >= 4 is 28.1 Å². The lowest BCUT2D eigenvalue weighted by atomic mass is 10.1. The average Bonchev–Trinajstić information content (AvgIpc) is 2.72. The second kappa shape index (κ2) is 9.27. The summed E-state index contributed by atoms with van der Waals surface area (Å²) in [6, 6.07) is 22.4. The Labute approximate surface area is 167 Å². The maximum atomic E-state index is 12.7. The Bertz CT molecular complexity index is 922. The average molecular weight is 376 g/mol. The van der Waals surface area contributed by atoms with Gasteiger partial charge in [-0.2, -0.15) is 0 Å². The standard InChI is InChI=1S/C24H29N3O/c1-4-8-23(24(28)25-17-18-9-6-5-7-10-18)26-21-13-11-20-16-22(27(2)3)14-12-19(20)15-21/h5-7,9-16,23,26H,4,8,17H2,1-3H3,(H,25,28). The van der Waals surface area contributed by atoms with E-state index in [1.165, 1.54) is 11.1 Å². The number of fused-ring (bicyclic) bond motifs is 1. The van der Waals surface area contributed by atoms with Crippen molar-refractivity contribution < 1.29 is 4.79 Å². The summed E-state index contributed by atoms with van der Waals surface area (Å²) in [5, 5.41) is 8.83. The lowest BCUT2D eigenvalue weighted by molar-refractivity contribution is -0.122. The van der Waals surface area contributed by atoms with E-state index < -0.39 is 0 Å². The Balaban J connectivity index is 1.70. The van der Waals surface area contributed by atoms with Gasteiger partial charge in [-0.15, -0.1) is 0 Å². The highest BCUT2D eigenvalue weighted by atomic mass is 16.2. The van der Waals surface area contributed by atoms with Crippen molar-refractivity contribution in [3.8, 4) is 0 Å². The van der Waals surface area contributed by atoms with Crippen LogP contribution in [0.25, 0.3) is 10.8 Å². The topological polar surface area (TPSA) is 44.4 Å². The van der Waals surface area contributed by atoms with E-state index >= 15 is 0 Å². The molecule has 0 radical (unpaired) electrons. The number of nitrogens with one attached hydrogen (secondary N) is 2. The minimum atomic E-state index is -0.243. The number of carbonyl (C=O) groups excluding carboxylic acids is 1. The van der Waals surface area contributed by atoms with E-state index in [0.29, 0.717) is 6.54 Å². The van der Waals surface area contributed by atoms with E-state index in [-0.39, 0.29) is 11.9 Å².